The van der Waals surface area contributed by atoms with E-state index in [-0.39, 0.29) is 22.9 Å². The predicted octanol–water partition coefficient (Wildman–Crippen LogP) is 4.90. The van der Waals surface area contributed by atoms with Crippen molar-refractivity contribution in [3.8, 4) is 0 Å². The highest BCUT2D eigenvalue weighted by molar-refractivity contribution is 5.95. The Hall–Kier alpha value is -2.56. The third-order valence-corrected chi connectivity index (χ3v) is 4.32. The fourth-order valence-electron chi connectivity index (χ4n) is 2.89. The predicted molar refractivity (Wildman–Crippen MR) is 98.6 cm³/mol. The molecule has 0 spiro atoms. The van der Waals surface area contributed by atoms with Crippen LogP contribution in [0.4, 0.5) is 8.78 Å². The maximum atomic E-state index is 13.9. The molecule has 138 valence electrons. The number of benzene rings is 2. The number of rotatable bonds is 2. The van der Waals surface area contributed by atoms with E-state index < -0.39 is 11.6 Å². The molecule has 2 aromatic rings. The van der Waals surface area contributed by atoms with Gasteiger partial charge < -0.3 is 9.53 Å². The summed E-state index contributed by atoms with van der Waals surface area (Å²) in [6, 6.07) is 9.77. The fourth-order valence-corrected chi connectivity index (χ4v) is 2.89. The van der Waals surface area contributed by atoms with E-state index in [2.05, 4.69) is 37.9 Å². The summed E-state index contributed by atoms with van der Waals surface area (Å²) in [6.45, 7) is 10.8. The van der Waals surface area contributed by atoms with Crippen molar-refractivity contribution in [3.63, 3.8) is 0 Å². The van der Waals surface area contributed by atoms with Gasteiger partial charge in [0.25, 0.3) is 0 Å². The number of nitrogens with zero attached hydrogens (tertiary/aromatic N) is 1. The fraction of sp³-hybridized carbons (Fsp3) is 0.333. The van der Waals surface area contributed by atoms with Gasteiger partial charge in [-0.3, -0.25) is 0 Å². The van der Waals surface area contributed by atoms with Gasteiger partial charge in [-0.15, -0.1) is 0 Å². The van der Waals surface area contributed by atoms with Crippen molar-refractivity contribution in [2.24, 2.45) is 4.99 Å². The molecule has 0 saturated heterocycles. The Kier molecular flexibility index (Phi) is 5.90. The lowest BCUT2D eigenvalue weighted by Gasteiger charge is -2.21. The van der Waals surface area contributed by atoms with Crippen molar-refractivity contribution >= 4 is 12.7 Å². The van der Waals surface area contributed by atoms with Gasteiger partial charge >= 0.3 is 0 Å². The molecular weight excluding hydrogens is 336 g/mol. The topological polar surface area (TPSA) is 38.7 Å². The molecule has 26 heavy (non-hydrogen) atoms. The van der Waals surface area contributed by atoms with E-state index in [9.17, 15) is 8.78 Å². The Morgan fingerprint density at radius 1 is 1.12 bits per heavy atom. The number of hydrogen-bond donors (Lipinski definition) is 0. The number of aryl methyl sites for hydroxylation is 1. The van der Waals surface area contributed by atoms with Gasteiger partial charge in [0.15, 0.2) is 0 Å². The van der Waals surface area contributed by atoms with Crippen molar-refractivity contribution in [2.75, 3.05) is 6.61 Å². The van der Waals surface area contributed by atoms with E-state index in [1.807, 2.05) is 19.8 Å². The second kappa shape index (κ2) is 7.77. The molecule has 0 aliphatic carbocycles. The smallest absolute Gasteiger partial charge is 0.222 e. The molecule has 3 nitrogen and oxygen atoms in total. The normalized spacial score (nSPS) is 16.4. The number of ether oxygens (including phenoxy) is 1. The summed E-state index contributed by atoms with van der Waals surface area (Å²) >= 11 is 0. The first kappa shape index (κ1) is 19.8. The van der Waals surface area contributed by atoms with Gasteiger partial charge in [0.05, 0.1) is 0 Å². The highest BCUT2D eigenvalue weighted by atomic mass is 19.1. The summed E-state index contributed by atoms with van der Waals surface area (Å²) in [6.07, 6.45) is 0. The van der Waals surface area contributed by atoms with Crippen LogP contribution in [-0.2, 0) is 14.9 Å². The molecule has 5 heteroatoms. The van der Waals surface area contributed by atoms with Crippen molar-refractivity contribution < 1.29 is 18.3 Å². The Bertz CT molecular complexity index is 805. The van der Waals surface area contributed by atoms with Gasteiger partial charge in [-0.05, 0) is 41.2 Å². The number of carbonyl (C=O) groups is 1. The first-order chi connectivity index (χ1) is 12.3. The Morgan fingerprint density at radius 3 is 2.27 bits per heavy atom. The minimum atomic E-state index is -0.658. The minimum Gasteiger partial charge on any atom is -0.475 e. The van der Waals surface area contributed by atoms with Gasteiger partial charge in [-0.1, -0.05) is 45.0 Å². The Labute approximate surface area is 152 Å². The largest absolute Gasteiger partial charge is 0.475 e. The van der Waals surface area contributed by atoms with Crippen molar-refractivity contribution in [2.45, 2.75) is 39.2 Å². The molecule has 0 radical (unpaired) electrons. The Balaban J connectivity index is 0.00000117. The number of aliphatic imine (C=N–C) groups is 1. The summed E-state index contributed by atoms with van der Waals surface area (Å²) in [5.74, 6) is -1.28. The molecule has 1 heterocycles. The van der Waals surface area contributed by atoms with E-state index in [0.717, 1.165) is 11.1 Å². The molecule has 0 fully saturated rings. The summed E-state index contributed by atoms with van der Waals surface area (Å²) in [4.78, 5) is 12.4. The molecule has 0 saturated carbocycles. The third kappa shape index (κ3) is 3.98. The molecule has 1 aliphatic heterocycles. The molecule has 1 aliphatic rings. The van der Waals surface area contributed by atoms with Crippen LogP contribution in [-0.4, -0.2) is 19.3 Å². The molecule has 0 amide bonds. The van der Waals surface area contributed by atoms with Crippen LogP contribution in [0.3, 0.4) is 0 Å². The quantitative estimate of drug-likeness (QED) is 0.765. The zero-order valence-corrected chi connectivity index (χ0v) is 15.5. The monoisotopic (exact) mass is 359 g/mol. The number of carbonyl (C=O) groups excluding carboxylic acids is 1. The first-order valence-corrected chi connectivity index (χ1v) is 8.32. The summed E-state index contributed by atoms with van der Waals surface area (Å²) in [5.41, 5.74) is 3.25. The van der Waals surface area contributed by atoms with Gasteiger partial charge in [0.2, 0.25) is 5.90 Å². The van der Waals surface area contributed by atoms with Gasteiger partial charge in [-0.25, -0.2) is 13.8 Å². The lowest BCUT2D eigenvalue weighted by Crippen LogP contribution is -2.12. The lowest BCUT2D eigenvalue weighted by atomic mass is 9.84. The zero-order valence-electron chi connectivity index (χ0n) is 15.5. The number of hydrogen-bond acceptors (Lipinski definition) is 3. The molecule has 2 aromatic carbocycles. The van der Waals surface area contributed by atoms with Crippen molar-refractivity contribution in [3.05, 3.63) is 70.3 Å². The van der Waals surface area contributed by atoms with Crippen LogP contribution in [0.5, 0.6) is 0 Å². The minimum absolute atomic E-state index is 0.0369. The van der Waals surface area contributed by atoms with Gasteiger partial charge in [-0.2, -0.15) is 0 Å². The first-order valence-electron chi connectivity index (χ1n) is 8.32. The van der Waals surface area contributed by atoms with Gasteiger partial charge in [0.1, 0.15) is 36.6 Å². The second-order valence-corrected chi connectivity index (χ2v) is 7.18. The van der Waals surface area contributed by atoms with Crippen LogP contribution in [0, 0.1) is 18.6 Å². The highest BCUT2D eigenvalue weighted by Gasteiger charge is 2.27. The SMILES string of the molecule is C=O.Cc1cc(C(C)(C)C)ccc1C1COC(c2c(F)cccc2F)=N1. The average Bonchev–Trinajstić information content (AvgIpc) is 3.05. The standard InChI is InChI=1S/C20H21F2NO.CH2O/c1-12-10-13(20(2,3)4)8-9-14(12)17-11-24-19(23-17)18-15(21)6-5-7-16(18)22;1-2/h5-10,17H,11H2,1-4H3;1H2. The van der Waals surface area contributed by atoms with E-state index in [0.29, 0.717) is 6.61 Å². The molecule has 0 aromatic heterocycles. The maximum Gasteiger partial charge on any atom is 0.222 e. The van der Waals surface area contributed by atoms with Crippen LogP contribution in [0.1, 0.15) is 49.1 Å². The zero-order chi connectivity index (χ0) is 19.5. The van der Waals surface area contributed by atoms with Crippen LogP contribution in [0.2, 0.25) is 0 Å². The average molecular weight is 359 g/mol. The third-order valence-electron chi connectivity index (χ3n) is 4.32. The lowest BCUT2D eigenvalue weighted by molar-refractivity contribution is -0.0979. The van der Waals surface area contributed by atoms with E-state index >= 15 is 0 Å². The van der Waals surface area contributed by atoms with Crippen LogP contribution in [0.15, 0.2) is 41.4 Å². The van der Waals surface area contributed by atoms with E-state index in [4.69, 9.17) is 9.53 Å². The number of halogens is 2. The molecule has 1 unspecified atom stereocenters. The highest BCUT2D eigenvalue weighted by Crippen LogP contribution is 2.31. The van der Waals surface area contributed by atoms with Crippen molar-refractivity contribution in [1.82, 2.24) is 0 Å². The molecule has 0 N–H and O–H groups in total. The summed E-state index contributed by atoms with van der Waals surface area (Å²) in [7, 11) is 0. The summed E-state index contributed by atoms with van der Waals surface area (Å²) in [5, 5.41) is 0. The van der Waals surface area contributed by atoms with Gasteiger partial charge in [0, 0.05) is 0 Å². The molecular formula is C21H23F2NO2. The maximum absolute atomic E-state index is 13.9. The summed E-state index contributed by atoms with van der Waals surface area (Å²) < 4.78 is 33.3. The molecule has 3 rings (SSSR count). The van der Waals surface area contributed by atoms with Crippen LogP contribution >= 0.6 is 0 Å². The van der Waals surface area contributed by atoms with Crippen molar-refractivity contribution in [1.29, 1.82) is 0 Å². The van der Waals surface area contributed by atoms with E-state index in [1.54, 1.807) is 0 Å². The molecule has 1 atom stereocenters. The molecule has 0 bridgehead atoms. The van der Waals surface area contributed by atoms with Crippen LogP contribution in [0.25, 0.3) is 0 Å². The Morgan fingerprint density at radius 2 is 1.73 bits per heavy atom. The second-order valence-electron chi connectivity index (χ2n) is 7.18. The van der Waals surface area contributed by atoms with E-state index in [1.165, 1.54) is 23.8 Å². The van der Waals surface area contributed by atoms with Crippen LogP contribution < -0.4 is 0 Å².